The molecule has 0 aliphatic carbocycles. The molecule has 1 aromatic rings. The van der Waals surface area contributed by atoms with Crippen LogP contribution in [0.1, 0.15) is 18.1 Å². The summed E-state index contributed by atoms with van der Waals surface area (Å²) in [6.45, 7) is 0. The Morgan fingerprint density at radius 1 is 1.48 bits per heavy atom. The molecule has 0 saturated heterocycles. The maximum Gasteiger partial charge on any atom is 0.311 e. The number of carbonyl (C=O) groups excluding carboxylic acids is 1. The molecule has 1 aromatic carbocycles. The van der Waals surface area contributed by atoms with Crippen LogP contribution < -0.4 is 10.1 Å². The summed E-state index contributed by atoms with van der Waals surface area (Å²) in [7, 11) is 4.15. The Morgan fingerprint density at radius 2 is 2.14 bits per heavy atom. The Hall–Kier alpha value is -2.19. The van der Waals surface area contributed by atoms with Gasteiger partial charge in [0.25, 0.3) is 0 Å². The molecule has 0 bridgehead atoms. The number of nitro benzene ring substituents is 1. The standard InChI is InChI=1S/C13H18N2O6/c1-14-9(7-12(16)21-3)13(17)8-4-5-11(20-2)10(6-8)15(18)19/h4-6,9,13-14,17H,7H2,1-3H3. The van der Waals surface area contributed by atoms with Gasteiger partial charge in [-0.05, 0) is 18.7 Å². The highest BCUT2D eigenvalue weighted by Crippen LogP contribution is 2.31. The average Bonchev–Trinajstić information content (AvgIpc) is 2.50. The summed E-state index contributed by atoms with van der Waals surface area (Å²) in [5, 5.41) is 24.0. The SMILES string of the molecule is CNC(CC(=O)OC)C(O)c1ccc(OC)c([N+](=O)[O-])c1. The maximum absolute atomic E-state index is 11.3. The van der Waals surface area contributed by atoms with Gasteiger partial charge in [0.05, 0.1) is 31.7 Å². The van der Waals surface area contributed by atoms with Gasteiger partial charge >= 0.3 is 11.7 Å². The molecule has 0 fully saturated rings. The van der Waals surface area contributed by atoms with Crippen molar-refractivity contribution in [3.63, 3.8) is 0 Å². The number of aliphatic hydroxyl groups is 1. The molecule has 8 heteroatoms. The number of hydrogen-bond acceptors (Lipinski definition) is 7. The van der Waals surface area contributed by atoms with Crippen molar-refractivity contribution in [3.05, 3.63) is 33.9 Å². The average molecular weight is 298 g/mol. The molecule has 0 aromatic heterocycles. The molecule has 2 unspecified atom stereocenters. The van der Waals surface area contributed by atoms with E-state index in [2.05, 4.69) is 10.1 Å². The lowest BCUT2D eigenvalue weighted by Crippen LogP contribution is -2.34. The van der Waals surface area contributed by atoms with Crippen LogP contribution in [0, 0.1) is 10.1 Å². The van der Waals surface area contributed by atoms with E-state index in [-0.39, 0.29) is 17.9 Å². The molecule has 2 N–H and O–H groups in total. The van der Waals surface area contributed by atoms with Crippen LogP contribution in [0.3, 0.4) is 0 Å². The molecule has 0 saturated carbocycles. The molecular formula is C13H18N2O6. The van der Waals surface area contributed by atoms with Gasteiger partial charge in [0.1, 0.15) is 0 Å². The van der Waals surface area contributed by atoms with Gasteiger partial charge in [-0.15, -0.1) is 0 Å². The minimum atomic E-state index is -1.10. The van der Waals surface area contributed by atoms with Crippen molar-refractivity contribution in [2.45, 2.75) is 18.6 Å². The van der Waals surface area contributed by atoms with Gasteiger partial charge in [0.2, 0.25) is 0 Å². The minimum absolute atomic E-state index is 0.0615. The van der Waals surface area contributed by atoms with Gasteiger partial charge in [-0.25, -0.2) is 0 Å². The van der Waals surface area contributed by atoms with Crippen LogP contribution >= 0.6 is 0 Å². The number of esters is 1. The zero-order valence-corrected chi connectivity index (χ0v) is 12.0. The highest BCUT2D eigenvalue weighted by molar-refractivity contribution is 5.70. The molecule has 0 spiro atoms. The highest BCUT2D eigenvalue weighted by Gasteiger charge is 2.25. The number of benzene rings is 1. The van der Waals surface area contributed by atoms with Crippen molar-refractivity contribution in [3.8, 4) is 5.75 Å². The first-order chi connectivity index (χ1) is 9.94. The summed E-state index contributed by atoms with van der Waals surface area (Å²) in [6, 6.07) is 3.52. The fourth-order valence-electron chi connectivity index (χ4n) is 1.90. The molecule has 0 aliphatic rings. The smallest absolute Gasteiger partial charge is 0.311 e. The van der Waals surface area contributed by atoms with E-state index in [4.69, 9.17) is 4.74 Å². The monoisotopic (exact) mass is 298 g/mol. The van der Waals surface area contributed by atoms with E-state index in [0.717, 1.165) is 0 Å². The summed E-state index contributed by atoms with van der Waals surface area (Å²) >= 11 is 0. The quantitative estimate of drug-likeness (QED) is 0.435. The minimum Gasteiger partial charge on any atom is -0.490 e. The van der Waals surface area contributed by atoms with Crippen molar-refractivity contribution in [2.24, 2.45) is 0 Å². The molecule has 21 heavy (non-hydrogen) atoms. The normalized spacial score (nSPS) is 13.3. The van der Waals surface area contributed by atoms with Crippen molar-refractivity contribution in [2.75, 3.05) is 21.3 Å². The summed E-state index contributed by atoms with van der Waals surface area (Å²) < 4.78 is 9.45. The largest absolute Gasteiger partial charge is 0.490 e. The third-order valence-electron chi connectivity index (χ3n) is 3.11. The highest BCUT2D eigenvalue weighted by atomic mass is 16.6. The predicted molar refractivity (Wildman–Crippen MR) is 74.1 cm³/mol. The molecule has 116 valence electrons. The molecule has 2 atom stereocenters. The van der Waals surface area contributed by atoms with Crippen LogP contribution in [-0.4, -0.2) is 43.3 Å². The second-order valence-electron chi connectivity index (χ2n) is 4.31. The first-order valence-corrected chi connectivity index (χ1v) is 6.19. The van der Waals surface area contributed by atoms with Crippen molar-refractivity contribution in [1.82, 2.24) is 5.32 Å². The number of methoxy groups -OCH3 is 2. The van der Waals surface area contributed by atoms with E-state index < -0.39 is 23.0 Å². The van der Waals surface area contributed by atoms with Crippen LogP contribution in [0.2, 0.25) is 0 Å². The maximum atomic E-state index is 11.3. The molecule has 1 rings (SSSR count). The third-order valence-corrected chi connectivity index (χ3v) is 3.11. The summed E-state index contributed by atoms with van der Waals surface area (Å²) in [5.74, 6) is -0.388. The number of nitrogens with one attached hydrogen (secondary N) is 1. The second kappa shape index (κ2) is 7.55. The zero-order chi connectivity index (χ0) is 16.0. The van der Waals surface area contributed by atoms with E-state index in [1.54, 1.807) is 7.05 Å². The number of aliphatic hydroxyl groups excluding tert-OH is 1. The van der Waals surface area contributed by atoms with Crippen LogP contribution in [0.25, 0.3) is 0 Å². The first-order valence-electron chi connectivity index (χ1n) is 6.19. The Bertz CT molecular complexity index is 519. The van der Waals surface area contributed by atoms with Gasteiger partial charge < -0.3 is 19.9 Å². The molecular weight excluding hydrogens is 280 g/mol. The van der Waals surface area contributed by atoms with Crippen LogP contribution in [0.4, 0.5) is 5.69 Å². The fourth-order valence-corrected chi connectivity index (χ4v) is 1.90. The van der Waals surface area contributed by atoms with Gasteiger partial charge in [-0.3, -0.25) is 14.9 Å². The molecule has 0 heterocycles. The van der Waals surface area contributed by atoms with Gasteiger partial charge in [0.15, 0.2) is 5.75 Å². The van der Waals surface area contributed by atoms with Gasteiger partial charge in [-0.2, -0.15) is 0 Å². The molecule has 0 aliphatic heterocycles. The molecule has 0 radical (unpaired) electrons. The summed E-state index contributed by atoms with van der Waals surface area (Å²) in [5.41, 5.74) is 0.0627. The number of nitrogens with zero attached hydrogens (tertiary/aromatic N) is 1. The molecule has 8 nitrogen and oxygen atoms in total. The lowest BCUT2D eigenvalue weighted by molar-refractivity contribution is -0.385. The topological polar surface area (TPSA) is 111 Å². The molecule has 0 amide bonds. The lowest BCUT2D eigenvalue weighted by atomic mass is 9.99. The number of hydrogen-bond donors (Lipinski definition) is 2. The zero-order valence-electron chi connectivity index (χ0n) is 12.0. The number of likely N-dealkylation sites (N-methyl/N-ethyl adjacent to an activating group) is 1. The van der Waals surface area contributed by atoms with Crippen molar-refractivity contribution >= 4 is 11.7 Å². The Morgan fingerprint density at radius 3 is 2.62 bits per heavy atom. The summed E-state index contributed by atoms with van der Waals surface area (Å²) in [4.78, 5) is 21.7. The van der Waals surface area contributed by atoms with E-state index in [0.29, 0.717) is 5.56 Å². The van der Waals surface area contributed by atoms with Crippen LogP contribution in [0.5, 0.6) is 5.75 Å². The van der Waals surface area contributed by atoms with Crippen LogP contribution in [0.15, 0.2) is 18.2 Å². The van der Waals surface area contributed by atoms with E-state index in [1.165, 1.54) is 32.4 Å². The van der Waals surface area contributed by atoms with E-state index in [1.807, 2.05) is 0 Å². The fraction of sp³-hybridized carbons (Fsp3) is 0.462. The van der Waals surface area contributed by atoms with Gasteiger partial charge in [-0.1, -0.05) is 6.07 Å². The van der Waals surface area contributed by atoms with Crippen molar-refractivity contribution in [1.29, 1.82) is 0 Å². The van der Waals surface area contributed by atoms with E-state index in [9.17, 15) is 20.0 Å². The van der Waals surface area contributed by atoms with E-state index >= 15 is 0 Å². The predicted octanol–water partition coefficient (Wildman–Crippen LogP) is 0.788. The van der Waals surface area contributed by atoms with Crippen molar-refractivity contribution < 1.29 is 24.3 Å². The Balaban J connectivity index is 3.05. The Labute approximate surface area is 121 Å². The first kappa shape index (κ1) is 16.9. The van der Waals surface area contributed by atoms with Crippen LogP contribution in [-0.2, 0) is 9.53 Å². The van der Waals surface area contributed by atoms with Gasteiger partial charge in [0, 0.05) is 12.1 Å². The number of rotatable bonds is 7. The summed E-state index contributed by atoms with van der Waals surface area (Å²) in [6.07, 6.45) is -1.16. The second-order valence-corrected chi connectivity index (χ2v) is 4.31. The lowest BCUT2D eigenvalue weighted by Gasteiger charge is -2.21. The number of nitro groups is 1. The third kappa shape index (κ3) is 4.14. The number of ether oxygens (including phenoxy) is 2. The Kier molecular flexibility index (Phi) is 6.07. The number of carbonyl (C=O) groups is 1.